The average Bonchev–Trinajstić information content (AvgIpc) is 3.27. The molecule has 0 radical (unpaired) electrons. The number of benzene rings is 2. The minimum absolute atomic E-state index is 0.217. The van der Waals surface area contributed by atoms with Gasteiger partial charge >= 0.3 is 0 Å². The highest BCUT2D eigenvalue weighted by molar-refractivity contribution is 7.15. The first kappa shape index (κ1) is 18.9. The molecular weight excluding hydrogens is 390 g/mol. The van der Waals surface area contributed by atoms with Gasteiger partial charge in [0.15, 0.2) is 17.3 Å². The molecular formula is C21H19N3O4S. The van der Waals surface area contributed by atoms with Gasteiger partial charge in [-0.25, -0.2) is 0 Å². The smallest absolute Gasteiger partial charge is 0.291 e. The van der Waals surface area contributed by atoms with E-state index in [1.165, 1.54) is 15.9 Å². The molecule has 148 valence electrons. The van der Waals surface area contributed by atoms with E-state index in [2.05, 4.69) is 10.1 Å². The fourth-order valence-corrected chi connectivity index (χ4v) is 3.98. The highest BCUT2D eigenvalue weighted by atomic mass is 32.1. The minimum Gasteiger partial charge on any atom is -0.493 e. The molecule has 2 aromatic heterocycles. The number of aromatic nitrogens is 3. The van der Waals surface area contributed by atoms with Crippen molar-refractivity contribution >= 4 is 22.4 Å². The van der Waals surface area contributed by atoms with Crippen molar-refractivity contribution < 1.29 is 14.2 Å². The van der Waals surface area contributed by atoms with Gasteiger partial charge in [0.1, 0.15) is 0 Å². The van der Waals surface area contributed by atoms with Crippen molar-refractivity contribution in [3.05, 3.63) is 62.4 Å². The van der Waals surface area contributed by atoms with Gasteiger partial charge in [0, 0.05) is 5.56 Å². The van der Waals surface area contributed by atoms with Gasteiger partial charge in [-0.1, -0.05) is 35.1 Å². The first-order valence-corrected chi connectivity index (χ1v) is 9.64. The summed E-state index contributed by atoms with van der Waals surface area (Å²) in [6.45, 7) is 2.01. The Balaban J connectivity index is 1.81. The van der Waals surface area contributed by atoms with E-state index in [1.807, 2.05) is 31.2 Å². The van der Waals surface area contributed by atoms with E-state index < -0.39 is 0 Å². The topological polar surface area (TPSA) is 75.0 Å². The summed E-state index contributed by atoms with van der Waals surface area (Å²) in [6.07, 6.45) is 1.76. The minimum atomic E-state index is -0.217. The lowest BCUT2D eigenvalue weighted by Gasteiger charge is -2.12. The highest BCUT2D eigenvalue weighted by Gasteiger charge is 2.14. The van der Waals surface area contributed by atoms with Crippen LogP contribution in [0.15, 0.2) is 41.2 Å². The summed E-state index contributed by atoms with van der Waals surface area (Å²) in [5, 5.41) is 4.39. The summed E-state index contributed by atoms with van der Waals surface area (Å²) in [6, 6.07) is 11.4. The Morgan fingerprint density at radius 1 is 1.03 bits per heavy atom. The lowest BCUT2D eigenvalue weighted by Crippen LogP contribution is -2.23. The van der Waals surface area contributed by atoms with Crippen LogP contribution in [0.1, 0.15) is 11.1 Å². The standard InChI is InChI=1S/C21H19N3O4S/c1-12-6-5-7-14(8-12)19-22-21-24(23-19)20(25)17(29-21)11-13-9-15(26-2)18(28-4)16(10-13)27-3/h5-11H,1-4H3. The van der Waals surface area contributed by atoms with E-state index in [4.69, 9.17) is 14.2 Å². The fourth-order valence-electron chi connectivity index (χ4n) is 3.08. The SMILES string of the molecule is COc1cc(C=c2sc3nc(-c4cccc(C)c4)nn3c2=O)cc(OC)c1OC. The number of hydrogen-bond donors (Lipinski definition) is 0. The molecule has 0 spiro atoms. The maximum Gasteiger partial charge on any atom is 0.291 e. The summed E-state index contributed by atoms with van der Waals surface area (Å²) in [7, 11) is 4.65. The molecule has 29 heavy (non-hydrogen) atoms. The van der Waals surface area contributed by atoms with Gasteiger partial charge in [-0.15, -0.1) is 5.10 Å². The van der Waals surface area contributed by atoms with Crippen molar-refractivity contribution in [1.82, 2.24) is 14.6 Å². The van der Waals surface area contributed by atoms with Crippen LogP contribution in [-0.2, 0) is 0 Å². The zero-order chi connectivity index (χ0) is 20.5. The van der Waals surface area contributed by atoms with Crippen LogP contribution in [0.4, 0.5) is 0 Å². The first-order valence-electron chi connectivity index (χ1n) is 8.82. The van der Waals surface area contributed by atoms with Gasteiger partial charge in [-0.05, 0) is 36.8 Å². The van der Waals surface area contributed by atoms with Crippen LogP contribution < -0.4 is 24.3 Å². The Bertz CT molecular complexity index is 1280. The molecule has 4 rings (SSSR count). The van der Waals surface area contributed by atoms with Crippen LogP contribution in [0.2, 0.25) is 0 Å². The van der Waals surface area contributed by atoms with Crippen molar-refractivity contribution in [3.8, 4) is 28.6 Å². The largest absolute Gasteiger partial charge is 0.493 e. The van der Waals surface area contributed by atoms with Crippen LogP contribution in [0.5, 0.6) is 17.2 Å². The molecule has 0 aliphatic carbocycles. The van der Waals surface area contributed by atoms with Gasteiger partial charge in [-0.3, -0.25) is 4.79 Å². The van der Waals surface area contributed by atoms with Crippen molar-refractivity contribution in [1.29, 1.82) is 0 Å². The Kier molecular flexibility index (Phi) is 4.94. The molecule has 2 aromatic carbocycles. The molecule has 0 saturated carbocycles. The number of methoxy groups -OCH3 is 3. The fraction of sp³-hybridized carbons (Fsp3) is 0.190. The zero-order valence-corrected chi connectivity index (χ0v) is 17.2. The number of fused-ring (bicyclic) bond motifs is 1. The third-order valence-corrected chi connectivity index (χ3v) is 5.40. The predicted octanol–water partition coefficient (Wildman–Crippen LogP) is 2.70. The Morgan fingerprint density at radius 2 is 1.76 bits per heavy atom. The van der Waals surface area contributed by atoms with E-state index in [-0.39, 0.29) is 5.56 Å². The molecule has 0 fully saturated rings. The van der Waals surface area contributed by atoms with Crippen LogP contribution in [0.25, 0.3) is 22.4 Å². The number of thiazole rings is 1. The molecule has 0 aliphatic heterocycles. The van der Waals surface area contributed by atoms with Crippen LogP contribution in [-0.4, -0.2) is 35.9 Å². The molecule has 0 bridgehead atoms. The maximum atomic E-state index is 12.8. The Labute approximate surface area is 170 Å². The van der Waals surface area contributed by atoms with Gasteiger partial charge in [0.05, 0.1) is 25.9 Å². The summed E-state index contributed by atoms with van der Waals surface area (Å²) < 4.78 is 17.9. The van der Waals surface area contributed by atoms with E-state index in [0.29, 0.717) is 32.6 Å². The summed E-state index contributed by atoms with van der Waals surface area (Å²) in [5.74, 6) is 2.08. The normalized spacial score (nSPS) is 11.8. The van der Waals surface area contributed by atoms with Crippen molar-refractivity contribution in [2.75, 3.05) is 21.3 Å². The molecule has 2 heterocycles. The molecule has 0 unspecified atom stereocenters. The number of hydrogen-bond acceptors (Lipinski definition) is 7. The molecule has 0 saturated heterocycles. The van der Waals surface area contributed by atoms with Crippen LogP contribution in [0, 0.1) is 6.92 Å². The average molecular weight is 409 g/mol. The maximum absolute atomic E-state index is 12.8. The number of rotatable bonds is 5. The predicted molar refractivity (Wildman–Crippen MR) is 112 cm³/mol. The lowest BCUT2D eigenvalue weighted by atomic mass is 10.1. The third kappa shape index (κ3) is 3.42. The van der Waals surface area contributed by atoms with Gasteiger partial charge in [0.25, 0.3) is 5.56 Å². The van der Waals surface area contributed by atoms with E-state index >= 15 is 0 Å². The third-order valence-electron chi connectivity index (χ3n) is 4.44. The second kappa shape index (κ2) is 7.56. The monoisotopic (exact) mass is 409 g/mol. The van der Waals surface area contributed by atoms with Crippen molar-refractivity contribution in [2.24, 2.45) is 0 Å². The van der Waals surface area contributed by atoms with Crippen LogP contribution >= 0.6 is 11.3 Å². The molecule has 0 aliphatic rings. The first-order chi connectivity index (χ1) is 14.0. The Hall–Kier alpha value is -3.39. The van der Waals surface area contributed by atoms with Gasteiger partial charge in [0.2, 0.25) is 10.7 Å². The van der Waals surface area contributed by atoms with E-state index in [0.717, 1.165) is 16.7 Å². The molecule has 0 N–H and O–H groups in total. The summed E-state index contributed by atoms with van der Waals surface area (Å²) in [5.41, 5.74) is 2.53. The quantitative estimate of drug-likeness (QED) is 0.505. The second-order valence-electron chi connectivity index (χ2n) is 6.37. The second-order valence-corrected chi connectivity index (χ2v) is 7.38. The summed E-state index contributed by atoms with van der Waals surface area (Å²) in [4.78, 5) is 17.9. The van der Waals surface area contributed by atoms with Gasteiger partial charge < -0.3 is 14.2 Å². The van der Waals surface area contributed by atoms with Gasteiger partial charge in [-0.2, -0.15) is 9.50 Å². The van der Waals surface area contributed by atoms with E-state index in [9.17, 15) is 4.79 Å². The summed E-state index contributed by atoms with van der Waals surface area (Å²) >= 11 is 1.28. The highest BCUT2D eigenvalue weighted by Crippen LogP contribution is 2.38. The zero-order valence-electron chi connectivity index (χ0n) is 16.4. The number of nitrogens with zero attached hydrogens (tertiary/aromatic N) is 3. The molecule has 0 amide bonds. The Morgan fingerprint density at radius 3 is 2.34 bits per heavy atom. The number of ether oxygens (including phenoxy) is 3. The molecule has 7 nitrogen and oxygen atoms in total. The van der Waals surface area contributed by atoms with Crippen LogP contribution in [0.3, 0.4) is 0 Å². The molecule has 8 heteroatoms. The lowest BCUT2D eigenvalue weighted by molar-refractivity contribution is 0.324. The molecule has 4 aromatic rings. The van der Waals surface area contributed by atoms with Crippen molar-refractivity contribution in [2.45, 2.75) is 6.92 Å². The van der Waals surface area contributed by atoms with E-state index in [1.54, 1.807) is 39.5 Å². The van der Waals surface area contributed by atoms with Crippen molar-refractivity contribution in [3.63, 3.8) is 0 Å². The number of aryl methyl sites for hydroxylation is 1. The molecule has 0 atom stereocenters.